The van der Waals surface area contributed by atoms with E-state index >= 15 is 0 Å². The van der Waals surface area contributed by atoms with E-state index in [2.05, 4.69) is 39.8 Å². The van der Waals surface area contributed by atoms with E-state index in [9.17, 15) is 4.21 Å². The fraction of sp³-hybridized carbons (Fsp3) is 0.333. The average Bonchev–Trinajstić information content (AvgIpc) is 1.98. The van der Waals surface area contributed by atoms with Crippen molar-refractivity contribution in [2.24, 2.45) is 0 Å². The lowest BCUT2D eigenvalue weighted by molar-refractivity contribution is 0.302. The van der Waals surface area contributed by atoms with Crippen molar-refractivity contribution in [1.82, 2.24) is 0 Å². The Labute approximate surface area is 78.0 Å². The van der Waals surface area contributed by atoms with Gasteiger partial charge in [-0.1, -0.05) is 21.5 Å². The van der Waals surface area contributed by atoms with E-state index in [-0.39, 0.29) is 0 Å². The summed E-state index contributed by atoms with van der Waals surface area (Å²) in [4.78, 5) is 0. The molecule has 0 bridgehead atoms. The second-order valence-electron chi connectivity index (χ2n) is 1.50. The second kappa shape index (κ2) is 5.45. The number of thiol groups is 1. The Balaban J connectivity index is 4.23. The molecule has 0 spiro atoms. The van der Waals surface area contributed by atoms with Crippen LogP contribution in [0.2, 0.25) is 0 Å². The molecule has 0 saturated carbocycles. The first kappa shape index (κ1) is 10.8. The molecule has 0 rings (SSSR count). The van der Waals surface area contributed by atoms with Gasteiger partial charge in [-0.2, -0.15) is 12.6 Å². The molecule has 5 heteroatoms. The van der Waals surface area contributed by atoms with Crippen LogP contribution in [0.15, 0.2) is 0 Å². The predicted molar refractivity (Wildman–Crippen MR) is 50.7 cm³/mol. The van der Waals surface area contributed by atoms with Crippen molar-refractivity contribution < 1.29 is 8.39 Å². The van der Waals surface area contributed by atoms with Gasteiger partial charge in [-0.15, -0.1) is 12.8 Å². The summed E-state index contributed by atoms with van der Waals surface area (Å²) in [5.74, 6) is 4.42. The minimum atomic E-state index is -1.82. The number of hydrogen-bond acceptors (Lipinski definition) is 5. The Morgan fingerprint density at radius 1 is 1.55 bits per heavy atom. The summed E-state index contributed by atoms with van der Waals surface area (Å²) in [5, 5.41) is -0.577. The van der Waals surface area contributed by atoms with Crippen molar-refractivity contribution in [3.05, 3.63) is 0 Å². The van der Waals surface area contributed by atoms with E-state index in [0.29, 0.717) is 0 Å². The quantitative estimate of drug-likeness (QED) is 0.407. The first-order valence-corrected chi connectivity index (χ1v) is 5.00. The summed E-state index contributed by atoms with van der Waals surface area (Å²) >= 11 is 8.14. The zero-order valence-electron chi connectivity index (χ0n) is 5.39. The van der Waals surface area contributed by atoms with Crippen LogP contribution in [0, 0.1) is 24.7 Å². The van der Waals surface area contributed by atoms with Crippen LogP contribution < -0.4 is 0 Å². The zero-order valence-corrected chi connectivity index (χ0v) is 7.92. The number of hydrogen-bond donors (Lipinski definition) is 1. The van der Waals surface area contributed by atoms with Crippen molar-refractivity contribution >= 4 is 33.5 Å². The molecule has 2 atom stereocenters. The molecule has 0 N–H and O–H groups in total. The van der Waals surface area contributed by atoms with Gasteiger partial charge >= 0.3 is 0 Å². The van der Waals surface area contributed by atoms with Gasteiger partial charge in [0.1, 0.15) is 6.10 Å². The van der Waals surface area contributed by atoms with Crippen LogP contribution in [0.1, 0.15) is 0 Å². The lowest BCUT2D eigenvalue weighted by Crippen LogP contribution is -2.20. The third-order valence-corrected chi connectivity index (χ3v) is 1.82. The standard InChI is InChI=1S/C6H5O2S3/c1-3-5(6(9)4-2)8-11(7)10/h1-2,5-6,9H/q-1. The van der Waals surface area contributed by atoms with E-state index < -0.39 is 21.0 Å². The molecule has 0 saturated heterocycles. The lowest BCUT2D eigenvalue weighted by atomic mass is 10.3. The van der Waals surface area contributed by atoms with Gasteiger partial charge in [-0.25, -0.2) is 11.2 Å². The van der Waals surface area contributed by atoms with Gasteiger partial charge < -0.3 is 8.39 Å². The van der Waals surface area contributed by atoms with Crippen molar-refractivity contribution in [2.75, 3.05) is 0 Å². The average molecular weight is 205 g/mol. The van der Waals surface area contributed by atoms with E-state index in [1.165, 1.54) is 0 Å². The fourth-order valence-electron chi connectivity index (χ4n) is 0.344. The van der Waals surface area contributed by atoms with Crippen LogP contribution in [-0.2, 0) is 29.2 Å². The fourth-order valence-corrected chi connectivity index (χ4v) is 1.16. The maximum absolute atomic E-state index is 10.3. The highest BCUT2D eigenvalue weighted by molar-refractivity contribution is 8.19. The normalized spacial score (nSPS) is 14.9. The van der Waals surface area contributed by atoms with Crippen molar-refractivity contribution in [3.63, 3.8) is 0 Å². The van der Waals surface area contributed by atoms with Crippen molar-refractivity contribution in [2.45, 2.75) is 11.4 Å². The molecule has 0 aromatic heterocycles. The van der Waals surface area contributed by atoms with E-state index in [1.54, 1.807) is 0 Å². The van der Waals surface area contributed by atoms with Crippen LogP contribution in [0.5, 0.6) is 0 Å². The predicted octanol–water partition coefficient (Wildman–Crippen LogP) is 0.277. The third-order valence-electron chi connectivity index (χ3n) is 0.804. The van der Waals surface area contributed by atoms with Crippen LogP contribution in [0.4, 0.5) is 0 Å². The highest BCUT2D eigenvalue weighted by atomic mass is 32.8. The molecule has 2 nitrogen and oxygen atoms in total. The Kier molecular flexibility index (Phi) is 5.35. The summed E-state index contributed by atoms with van der Waals surface area (Å²) in [6, 6.07) is 0. The van der Waals surface area contributed by atoms with Crippen molar-refractivity contribution in [1.29, 1.82) is 0 Å². The van der Waals surface area contributed by atoms with Crippen LogP contribution in [0.25, 0.3) is 0 Å². The number of terminal acetylenes is 2. The molecular formula is C6H5O2S3-. The maximum atomic E-state index is 10.3. The highest BCUT2D eigenvalue weighted by Crippen LogP contribution is 2.04. The smallest absolute Gasteiger partial charge is 0.123 e. The van der Waals surface area contributed by atoms with E-state index in [1.807, 2.05) is 0 Å². The molecule has 0 aromatic rings. The Bertz CT molecular complexity index is 261. The van der Waals surface area contributed by atoms with E-state index in [0.717, 1.165) is 0 Å². The summed E-state index contributed by atoms with van der Waals surface area (Å²) in [6.45, 7) is 0. The summed E-state index contributed by atoms with van der Waals surface area (Å²) in [6.07, 6.45) is 9.20. The van der Waals surface area contributed by atoms with Gasteiger partial charge in [0.15, 0.2) is 0 Å². The monoisotopic (exact) mass is 205 g/mol. The minimum absolute atomic E-state index is 0.577. The highest BCUT2D eigenvalue weighted by Gasteiger charge is 2.09. The molecule has 0 aliphatic rings. The lowest BCUT2D eigenvalue weighted by Gasteiger charge is -2.15. The molecule has 11 heavy (non-hydrogen) atoms. The topological polar surface area (TPSA) is 26.3 Å². The van der Waals surface area contributed by atoms with Crippen molar-refractivity contribution in [3.8, 4) is 24.7 Å². The first-order valence-electron chi connectivity index (χ1n) is 2.48. The molecular weight excluding hydrogens is 200 g/mol. The minimum Gasteiger partial charge on any atom is -0.429 e. The van der Waals surface area contributed by atoms with Gasteiger partial charge in [0.05, 0.1) is 5.25 Å². The molecule has 2 unspecified atom stereocenters. The van der Waals surface area contributed by atoms with Crippen LogP contribution in [0.3, 0.4) is 0 Å². The Morgan fingerprint density at radius 2 is 2.09 bits per heavy atom. The molecule has 0 heterocycles. The second-order valence-corrected chi connectivity index (χ2v) is 3.47. The molecule has 0 aliphatic carbocycles. The molecule has 0 aromatic carbocycles. The Hall–Kier alpha value is -0.200. The third kappa shape index (κ3) is 4.28. The molecule has 0 radical (unpaired) electrons. The molecule has 0 aliphatic heterocycles. The molecule has 60 valence electrons. The van der Waals surface area contributed by atoms with Gasteiger partial charge in [-0.3, -0.25) is 0 Å². The summed E-state index contributed by atoms with van der Waals surface area (Å²) < 4.78 is 14.9. The zero-order chi connectivity index (χ0) is 8.85. The summed E-state index contributed by atoms with van der Waals surface area (Å²) in [5.41, 5.74) is 0. The van der Waals surface area contributed by atoms with Gasteiger partial charge in [0.2, 0.25) is 0 Å². The molecule has 0 fully saturated rings. The van der Waals surface area contributed by atoms with Gasteiger partial charge in [0.25, 0.3) is 0 Å². The SMILES string of the molecule is C#CC(S)C(C#C)O[S-](=O)=S. The van der Waals surface area contributed by atoms with E-state index in [4.69, 9.17) is 12.8 Å². The first-order chi connectivity index (χ1) is 5.11. The number of rotatable bonds is 3. The maximum Gasteiger partial charge on any atom is 0.123 e. The van der Waals surface area contributed by atoms with Gasteiger partial charge in [-0.05, 0) is 0 Å². The van der Waals surface area contributed by atoms with Gasteiger partial charge in [0, 0.05) is 0 Å². The largest absolute Gasteiger partial charge is 0.429 e. The molecule has 0 amide bonds. The van der Waals surface area contributed by atoms with Crippen LogP contribution >= 0.6 is 12.6 Å². The van der Waals surface area contributed by atoms with Crippen LogP contribution in [-0.4, -0.2) is 11.4 Å². The Morgan fingerprint density at radius 3 is 2.36 bits per heavy atom. The summed E-state index contributed by atoms with van der Waals surface area (Å²) in [7, 11) is -1.82.